The van der Waals surface area contributed by atoms with Crippen LogP contribution < -0.4 is 15.1 Å². The number of aryl methyl sites for hydroxylation is 2. The Balaban J connectivity index is 1.33. The van der Waals surface area contributed by atoms with Crippen LogP contribution in [0.3, 0.4) is 0 Å². The zero-order valence-corrected chi connectivity index (χ0v) is 16.6. The number of aromatic nitrogens is 4. The summed E-state index contributed by atoms with van der Waals surface area (Å²) in [7, 11) is 0. The first-order valence-electron chi connectivity index (χ1n) is 10.3. The fourth-order valence-corrected chi connectivity index (χ4v) is 4.10. The molecule has 0 atom stereocenters. The lowest BCUT2D eigenvalue weighted by atomic mass is 10.1. The van der Waals surface area contributed by atoms with Gasteiger partial charge in [0, 0.05) is 62.9 Å². The Morgan fingerprint density at radius 3 is 2.59 bits per heavy atom. The largest absolute Gasteiger partial charge is 0.356 e. The van der Waals surface area contributed by atoms with Crippen LogP contribution >= 0.6 is 0 Å². The average molecular weight is 370 g/mol. The van der Waals surface area contributed by atoms with Crippen molar-refractivity contribution < 1.29 is 0 Å². The molecule has 27 heavy (non-hydrogen) atoms. The van der Waals surface area contributed by atoms with E-state index in [1.807, 2.05) is 6.20 Å². The predicted molar refractivity (Wildman–Crippen MR) is 108 cm³/mol. The van der Waals surface area contributed by atoms with Crippen molar-refractivity contribution in [1.82, 2.24) is 24.8 Å². The molecule has 0 spiro atoms. The molecule has 4 rings (SSSR count). The number of nitrogens with one attached hydrogen (secondary N) is 1. The smallest absolute Gasteiger partial charge is 0.227 e. The summed E-state index contributed by atoms with van der Waals surface area (Å²) in [6.45, 7) is 10.3. The van der Waals surface area contributed by atoms with Crippen LogP contribution in [0.2, 0.25) is 0 Å². The fourth-order valence-electron chi connectivity index (χ4n) is 4.10. The molecule has 2 aromatic heterocycles. The van der Waals surface area contributed by atoms with E-state index >= 15 is 0 Å². The fraction of sp³-hybridized carbons (Fsp3) is 0.650. The zero-order valence-electron chi connectivity index (χ0n) is 16.6. The zero-order chi connectivity index (χ0) is 18.6. The van der Waals surface area contributed by atoms with Crippen LogP contribution in [0.25, 0.3) is 0 Å². The maximum atomic E-state index is 4.88. The monoisotopic (exact) mass is 369 g/mol. The predicted octanol–water partition coefficient (Wildman–Crippen LogP) is 2.36. The quantitative estimate of drug-likeness (QED) is 0.843. The highest BCUT2D eigenvalue weighted by molar-refractivity contribution is 5.46. The van der Waals surface area contributed by atoms with Gasteiger partial charge in [0.25, 0.3) is 0 Å². The van der Waals surface area contributed by atoms with Crippen molar-refractivity contribution in [2.75, 3.05) is 36.0 Å². The SMILES string of the molecule is CCn1ccnc1CNC1CCN(c2cc(C)nc(N3CCCC3)n2)CC1. The molecule has 0 unspecified atom stereocenters. The lowest BCUT2D eigenvalue weighted by Crippen LogP contribution is -2.43. The second-order valence-electron chi connectivity index (χ2n) is 7.63. The molecule has 0 bridgehead atoms. The molecule has 0 aromatic carbocycles. The minimum atomic E-state index is 0.546. The van der Waals surface area contributed by atoms with Gasteiger partial charge in [-0.1, -0.05) is 0 Å². The molecule has 1 N–H and O–H groups in total. The number of anilines is 2. The van der Waals surface area contributed by atoms with Gasteiger partial charge in [0.2, 0.25) is 5.95 Å². The summed E-state index contributed by atoms with van der Waals surface area (Å²) in [5, 5.41) is 3.69. The molecule has 7 nitrogen and oxygen atoms in total. The molecular weight excluding hydrogens is 338 g/mol. The molecule has 2 aliphatic heterocycles. The van der Waals surface area contributed by atoms with Crippen LogP contribution in [0.1, 0.15) is 44.1 Å². The number of nitrogens with zero attached hydrogens (tertiary/aromatic N) is 6. The molecule has 4 heterocycles. The number of piperidine rings is 1. The van der Waals surface area contributed by atoms with Crippen molar-refractivity contribution in [1.29, 1.82) is 0 Å². The third kappa shape index (κ3) is 4.24. The summed E-state index contributed by atoms with van der Waals surface area (Å²) >= 11 is 0. The van der Waals surface area contributed by atoms with Gasteiger partial charge in [-0.15, -0.1) is 0 Å². The molecule has 0 amide bonds. The molecule has 7 heteroatoms. The number of rotatable bonds is 6. The van der Waals surface area contributed by atoms with Crippen LogP contribution in [-0.2, 0) is 13.1 Å². The van der Waals surface area contributed by atoms with Gasteiger partial charge < -0.3 is 19.7 Å². The highest BCUT2D eigenvalue weighted by Gasteiger charge is 2.22. The van der Waals surface area contributed by atoms with Gasteiger partial charge in [0.1, 0.15) is 11.6 Å². The summed E-state index contributed by atoms with van der Waals surface area (Å²) in [5.74, 6) is 3.13. The maximum Gasteiger partial charge on any atom is 0.227 e. The van der Waals surface area contributed by atoms with Gasteiger partial charge in [-0.25, -0.2) is 9.97 Å². The third-order valence-electron chi connectivity index (χ3n) is 5.73. The number of hydrogen-bond donors (Lipinski definition) is 1. The van der Waals surface area contributed by atoms with E-state index in [0.29, 0.717) is 6.04 Å². The van der Waals surface area contributed by atoms with E-state index in [9.17, 15) is 0 Å². The van der Waals surface area contributed by atoms with E-state index in [1.165, 1.54) is 12.8 Å². The first-order chi connectivity index (χ1) is 13.2. The summed E-state index contributed by atoms with van der Waals surface area (Å²) in [6, 6.07) is 2.68. The summed E-state index contributed by atoms with van der Waals surface area (Å²) in [5.41, 5.74) is 1.06. The normalized spacial score (nSPS) is 18.4. The molecule has 2 fully saturated rings. The first kappa shape index (κ1) is 18.2. The Bertz CT molecular complexity index is 743. The third-order valence-corrected chi connectivity index (χ3v) is 5.73. The minimum absolute atomic E-state index is 0.546. The highest BCUT2D eigenvalue weighted by Crippen LogP contribution is 2.23. The number of imidazole rings is 1. The highest BCUT2D eigenvalue weighted by atomic mass is 15.3. The van der Waals surface area contributed by atoms with Crippen molar-refractivity contribution in [3.63, 3.8) is 0 Å². The minimum Gasteiger partial charge on any atom is -0.356 e. The van der Waals surface area contributed by atoms with Crippen molar-refractivity contribution in [2.45, 2.75) is 58.7 Å². The van der Waals surface area contributed by atoms with E-state index < -0.39 is 0 Å². The van der Waals surface area contributed by atoms with Crippen molar-refractivity contribution in [3.05, 3.63) is 30.0 Å². The van der Waals surface area contributed by atoms with Gasteiger partial charge >= 0.3 is 0 Å². The topological polar surface area (TPSA) is 62.1 Å². The van der Waals surface area contributed by atoms with Gasteiger partial charge in [-0.3, -0.25) is 0 Å². The Labute approximate surface area is 161 Å². The lowest BCUT2D eigenvalue weighted by molar-refractivity contribution is 0.405. The molecular formula is C20H31N7. The second kappa shape index (κ2) is 8.25. The van der Waals surface area contributed by atoms with Crippen LogP contribution in [0.4, 0.5) is 11.8 Å². The van der Waals surface area contributed by atoms with E-state index in [1.54, 1.807) is 0 Å². The number of hydrogen-bond acceptors (Lipinski definition) is 6. The van der Waals surface area contributed by atoms with Crippen molar-refractivity contribution >= 4 is 11.8 Å². The van der Waals surface area contributed by atoms with Crippen molar-refractivity contribution in [2.24, 2.45) is 0 Å². The van der Waals surface area contributed by atoms with Crippen LogP contribution in [0.15, 0.2) is 18.5 Å². The molecule has 2 saturated heterocycles. The molecule has 0 saturated carbocycles. The Morgan fingerprint density at radius 2 is 1.85 bits per heavy atom. The van der Waals surface area contributed by atoms with Gasteiger partial charge in [0.05, 0.1) is 6.54 Å². The van der Waals surface area contributed by atoms with Gasteiger partial charge in [-0.2, -0.15) is 4.98 Å². The Morgan fingerprint density at radius 1 is 1.07 bits per heavy atom. The molecule has 146 valence electrons. The average Bonchev–Trinajstić information content (AvgIpc) is 3.38. The summed E-state index contributed by atoms with van der Waals surface area (Å²) in [6.07, 6.45) is 8.71. The lowest BCUT2D eigenvalue weighted by Gasteiger charge is -2.33. The standard InChI is InChI=1S/C20H31N7/c1-3-25-13-8-21-19(25)15-22-17-6-11-26(12-7-17)18-14-16(2)23-20(24-18)27-9-4-5-10-27/h8,13-14,17,22H,3-7,9-12,15H2,1-2H3. The molecule has 2 aliphatic rings. The van der Waals surface area contributed by atoms with Crippen LogP contribution in [0, 0.1) is 6.92 Å². The van der Waals surface area contributed by atoms with E-state index in [4.69, 9.17) is 4.98 Å². The first-order valence-corrected chi connectivity index (χ1v) is 10.3. The van der Waals surface area contributed by atoms with Gasteiger partial charge in [-0.05, 0) is 39.5 Å². The molecule has 2 aromatic rings. The molecule has 0 radical (unpaired) electrons. The maximum absolute atomic E-state index is 4.88. The van der Waals surface area contributed by atoms with Crippen molar-refractivity contribution in [3.8, 4) is 0 Å². The van der Waals surface area contributed by atoms with E-state index in [2.05, 4.69) is 55.8 Å². The summed E-state index contributed by atoms with van der Waals surface area (Å²) in [4.78, 5) is 18.7. The van der Waals surface area contributed by atoms with E-state index in [0.717, 1.165) is 75.4 Å². The van der Waals surface area contributed by atoms with Crippen LogP contribution in [0.5, 0.6) is 0 Å². The van der Waals surface area contributed by atoms with Crippen LogP contribution in [-0.4, -0.2) is 51.7 Å². The Kier molecular flexibility index (Phi) is 5.57. The van der Waals surface area contributed by atoms with Gasteiger partial charge in [0.15, 0.2) is 0 Å². The Hall–Kier alpha value is -2.15. The summed E-state index contributed by atoms with van der Waals surface area (Å²) < 4.78 is 2.20. The van der Waals surface area contributed by atoms with E-state index in [-0.39, 0.29) is 0 Å². The molecule has 0 aliphatic carbocycles. The second-order valence-corrected chi connectivity index (χ2v) is 7.63.